The van der Waals surface area contributed by atoms with Crippen LogP contribution in [-0.2, 0) is 16.1 Å². The Hall–Kier alpha value is -1.93. The first-order valence-electron chi connectivity index (χ1n) is 8.30. The lowest BCUT2D eigenvalue weighted by Crippen LogP contribution is -2.56. The van der Waals surface area contributed by atoms with Crippen LogP contribution in [0.25, 0.3) is 0 Å². The van der Waals surface area contributed by atoms with E-state index in [1.54, 1.807) is 12.1 Å². The Balaban J connectivity index is 2.05. The van der Waals surface area contributed by atoms with Gasteiger partial charge in [0.25, 0.3) is 0 Å². The van der Waals surface area contributed by atoms with Crippen LogP contribution >= 0.6 is 0 Å². The van der Waals surface area contributed by atoms with Crippen molar-refractivity contribution in [2.24, 2.45) is 5.73 Å². The largest absolute Gasteiger partial charge is 0.493 e. The minimum atomic E-state index is -2.97. The van der Waals surface area contributed by atoms with Crippen molar-refractivity contribution in [2.75, 3.05) is 19.8 Å². The van der Waals surface area contributed by atoms with Crippen molar-refractivity contribution in [3.05, 3.63) is 23.8 Å². The molecule has 0 spiro atoms. The molecule has 0 unspecified atom stereocenters. The molecule has 6 nitrogen and oxygen atoms in total. The lowest BCUT2D eigenvalue weighted by molar-refractivity contribution is -0.129. The maximum atomic E-state index is 12.7. The Morgan fingerprint density at radius 3 is 2.76 bits per heavy atom. The molecule has 1 fully saturated rings. The van der Waals surface area contributed by atoms with Gasteiger partial charge in [-0.25, -0.2) is 0 Å². The zero-order valence-electron chi connectivity index (χ0n) is 14.2. The smallest absolute Gasteiger partial charge is 0.387 e. The summed E-state index contributed by atoms with van der Waals surface area (Å²) in [7, 11) is 0. The van der Waals surface area contributed by atoms with E-state index in [2.05, 4.69) is 10.1 Å². The van der Waals surface area contributed by atoms with Crippen molar-refractivity contribution in [2.45, 2.75) is 44.9 Å². The molecule has 1 aliphatic rings. The number of amides is 1. The quantitative estimate of drug-likeness (QED) is 0.744. The first kappa shape index (κ1) is 19.4. The average Bonchev–Trinajstić information content (AvgIpc) is 2.59. The molecule has 0 aliphatic carbocycles. The maximum Gasteiger partial charge on any atom is 0.387 e. The fraction of sp³-hybridized carbons (Fsp3) is 0.588. The molecule has 3 N–H and O–H groups in total. The number of carbonyl (C=O) groups excluding carboxylic acids is 1. The Morgan fingerprint density at radius 1 is 1.40 bits per heavy atom. The number of halogens is 2. The van der Waals surface area contributed by atoms with Gasteiger partial charge < -0.3 is 25.3 Å². The summed E-state index contributed by atoms with van der Waals surface area (Å²) in [6, 6.07) is 4.65. The zero-order valence-corrected chi connectivity index (χ0v) is 14.2. The number of alkyl halides is 2. The van der Waals surface area contributed by atoms with E-state index < -0.39 is 12.2 Å². The summed E-state index contributed by atoms with van der Waals surface area (Å²) in [4.78, 5) is 12.3. The lowest BCUT2D eigenvalue weighted by atomic mass is 9.90. The summed E-state index contributed by atoms with van der Waals surface area (Å²) in [5, 5.41) is 2.70. The third-order valence-electron chi connectivity index (χ3n) is 4.00. The molecule has 140 valence electrons. The summed E-state index contributed by atoms with van der Waals surface area (Å²) < 4.78 is 40.5. The molecular weight excluding hydrogens is 334 g/mol. The first-order valence-corrected chi connectivity index (χ1v) is 8.30. The molecule has 2 rings (SSSR count). The van der Waals surface area contributed by atoms with Gasteiger partial charge >= 0.3 is 6.61 Å². The number of nitrogens with two attached hydrogens (primary N) is 1. The highest BCUT2D eigenvalue weighted by molar-refractivity contribution is 5.86. The number of hydrogen-bond donors (Lipinski definition) is 2. The van der Waals surface area contributed by atoms with Gasteiger partial charge in [-0.05, 0) is 31.4 Å². The van der Waals surface area contributed by atoms with Crippen LogP contribution in [0, 0.1) is 0 Å². The molecule has 0 bridgehead atoms. The van der Waals surface area contributed by atoms with Crippen molar-refractivity contribution in [3.8, 4) is 11.5 Å². The van der Waals surface area contributed by atoms with E-state index in [1.165, 1.54) is 6.07 Å². The highest BCUT2D eigenvalue weighted by atomic mass is 19.3. The van der Waals surface area contributed by atoms with Gasteiger partial charge in [0.15, 0.2) is 0 Å². The molecule has 1 heterocycles. The van der Waals surface area contributed by atoms with Crippen LogP contribution in [0.5, 0.6) is 11.5 Å². The fourth-order valence-electron chi connectivity index (χ4n) is 2.51. The van der Waals surface area contributed by atoms with Gasteiger partial charge in [-0.3, -0.25) is 4.79 Å². The van der Waals surface area contributed by atoms with E-state index in [4.69, 9.17) is 15.2 Å². The van der Waals surface area contributed by atoms with E-state index in [1.807, 2.05) is 6.92 Å². The molecule has 1 aromatic carbocycles. The van der Waals surface area contributed by atoms with E-state index in [-0.39, 0.29) is 18.2 Å². The molecule has 0 atom stereocenters. The highest BCUT2D eigenvalue weighted by Crippen LogP contribution is 2.27. The lowest BCUT2D eigenvalue weighted by Gasteiger charge is -2.31. The monoisotopic (exact) mass is 358 g/mol. The Bertz CT molecular complexity index is 578. The SMILES string of the molecule is CCCOc1ccc(CNC(=O)C2(N)CCOCC2)c(OC(F)F)c1. The highest BCUT2D eigenvalue weighted by Gasteiger charge is 2.35. The van der Waals surface area contributed by atoms with Crippen molar-refractivity contribution in [1.82, 2.24) is 5.32 Å². The molecule has 25 heavy (non-hydrogen) atoms. The van der Waals surface area contributed by atoms with Gasteiger partial charge in [-0.15, -0.1) is 0 Å². The van der Waals surface area contributed by atoms with E-state index >= 15 is 0 Å². The minimum Gasteiger partial charge on any atom is -0.493 e. The van der Waals surface area contributed by atoms with Crippen LogP contribution in [0.1, 0.15) is 31.7 Å². The van der Waals surface area contributed by atoms with Gasteiger partial charge in [0.2, 0.25) is 5.91 Å². The Morgan fingerprint density at radius 2 is 2.12 bits per heavy atom. The maximum absolute atomic E-state index is 12.7. The van der Waals surface area contributed by atoms with Crippen LogP contribution in [0.2, 0.25) is 0 Å². The molecule has 1 amide bonds. The minimum absolute atomic E-state index is 0.0260. The molecular formula is C17H24F2N2O4. The summed E-state index contributed by atoms with van der Waals surface area (Å²) in [6.07, 6.45) is 1.64. The molecule has 1 aromatic rings. The van der Waals surface area contributed by atoms with Crippen LogP contribution < -0.4 is 20.5 Å². The molecule has 0 aromatic heterocycles. The number of nitrogens with one attached hydrogen (secondary N) is 1. The first-order chi connectivity index (χ1) is 11.9. The van der Waals surface area contributed by atoms with Crippen molar-refractivity contribution < 1.29 is 27.8 Å². The van der Waals surface area contributed by atoms with E-state index in [0.29, 0.717) is 44.0 Å². The second-order valence-corrected chi connectivity index (χ2v) is 5.95. The fourth-order valence-corrected chi connectivity index (χ4v) is 2.51. The molecule has 8 heteroatoms. The normalized spacial score (nSPS) is 16.5. The number of hydrogen-bond acceptors (Lipinski definition) is 5. The van der Waals surface area contributed by atoms with Crippen molar-refractivity contribution in [3.63, 3.8) is 0 Å². The van der Waals surface area contributed by atoms with Gasteiger partial charge in [0.05, 0.1) is 12.1 Å². The van der Waals surface area contributed by atoms with Crippen molar-refractivity contribution >= 4 is 5.91 Å². The number of carbonyl (C=O) groups is 1. The van der Waals surface area contributed by atoms with Crippen LogP contribution in [0.4, 0.5) is 8.78 Å². The predicted molar refractivity (Wildman–Crippen MR) is 87.7 cm³/mol. The molecule has 1 aliphatic heterocycles. The summed E-state index contributed by atoms with van der Waals surface area (Å²) in [5.74, 6) is 0.0827. The zero-order chi connectivity index (χ0) is 18.3. The molecule has 0 saturated carbocycles. The van der Waals surface area contributed by atoms with Gasteiger partial charge in [0.1, 0.15) is 11.5 Å². The third kappa shape index (κ3) is 5.54. The number of ether oxygens (including phenoxy) is 3. The van der Waals surface area contributed by atoms with E-state index in [9.17, 15) is 13.6 Å². The van der Waals surface area contributed by atoms with Crippen LogP contribution in [0.15, 0.2) is 18.2 Å². The summed E-state index contributed by atoms with van der Waals surface area (Å²) in [6.45, 7) is 0.336. The predicted octanol–water partition coefficient (Wildman–Crippen LogP) is 2.20. The van der Waals surface area contributed by atoms with E-state index in [0.717, 1.165) is 6.42 Å². The van der Waals surface area contributed by atoms with Gasteiger partial charge in [-0.1, -0.05) is 6.92 Å². The summed E-state index contributed by atoms with van der Waals surface area (Å²) >= 11 is 0. The summed E-state index contributed by atoms with van der Waals surface area (Å²) in [5.41, 5.74) is 5.53. The van der Waals surface area contributed by atoms with Gasteiger partial charge in [-0.2, -0.15) is 8.78 Å². The third-order valence-corrected chi connectivity index (χ3v) is 4.00. The average molecular weight is 358 g/mol. The van der Waals surface area contributed by atoms with Crippen molar-refractivity contribution in [1.29, 1.82) is 0 Å². The van der Waals surface area contributed by atoms with Crippen LogP contribution in [0.3, 0.4) is 0 Å². The van der Waals surface area contributed by atoms with Gasteiger partial charge in [0, 0.05) is 31.4 Å². The topological polar surface area (TPSA) is 82.8 Å². The second-order valence-electron chi connectivity index (χ2n) is 5.95. The van der Waals surface area contributed by atoms with Crippen LogP contribution in [-0.4, -0.2) is 37.9 Å². The second kappa shape index (κ2) is 8.96. The standard InChI is InChI=1S/C17H24F2N2O4/c1-2-7-24-13-4-3-12(14(10-13)25-16(18)19)11-21-15(22)17(20)5-8-23-9-6-17/h3-4,10,16H,2,5-9,11,20H2,1H3,(H,21,22). The molecule has 0 radical (unpaired) electrons. The Labute approximate surface area is 145 Å². The number of benzene rings is 1. The molecule has 1 saturated heterocycles. The number of rotatable bonds is 8. The Kier molecular flexibility index (Phi) is 6.95.